The van der Waals surface area contributed by atoms with Gasteiger partial charge in [0, 0.05) is 15.5 Å². The van der Waals surface area contributed by atoms with E-state index in [-0.39, 0.29) is 0 Å². The van der Waals surface area contributed by atoms with Crippen LogP contribution in [0.5, 0.6) is 0 Å². The number of aryl methyl sites for hydroxylation is 1. The molecule has 0 amide bonds. The highest BCUT2D eigenvalue weighted by Gasteiger charge is 2.21. The van der Waals surface area contributed by atoms with Crippen LogP contribution in [0, 0.1) is 6.92 Å². The zero-order valence-electron chi connectivity index (χ0n) is 11.7. The Kier molecular flexibility index (Phi) is 3.31. The van der Waals surface area contributed by atoms with E-state index in [1.54, 1.807) is 17.7 Å². The fraction of sp³-hybridized carbons (Fsp3) is 0.250. The van der Waals surface area contributed by atoms with Crippen molar-refractivity contribution >= 4 is 39.1 Å². The monoisotopic (exact) mass is 313 g/mol. The summed E-state index contributed by atoms with van der Waals surface area (Å²) in [6.45, 7) is 2.11. The van der Waals surface area contributed by atoms with Crippen molar-refractivity contribution in [3.8, 4) is 0 Å². The molecular weight excluding hydrogens is 298 g/mol. The number of thioether (sulfide) groups is 1. The maximum Gasteiger partial charge on any atom is 0.138 e. The quantitative estimate of drug-likeness (QED) is 0.747. The molecule has 4 rings (SSSR count). The number of rotatable bonds is 2. The van der Waals surface area contributed by atoms with E-state index in [2.05, 4.69) is 52.5 Å². The lowest BCUT2D eigenvalue weighted by Gasteiger charge is -2.26. The molecular formula is C16H15N3S2. The minimum atomic E-state index is 0.334. The number of nitrogens with zero attached hydrogens (tertiary/aromatic N) is 2. The summed E-state index contributed by atoms with van der Waals surface area (Å²) in [5.41, 5.74) is 1.38. The summed E-state index contributed by atoms with van der Waals surface area (Å²) in [6, 6.07) is 11.2. The van der Waals surface area contributed by atoms with Crippen molar-refractivity contribution in [1.82, 2.24) is 9.97 Å². The van der Waals surface area contributed by atoms with Gasteiger partial charge in [0.15, 0.2) is 0 Å². The van der Waals surface area contributed by atoms with Crippen molar-refractivity contribution in [3.05, 3.63) is 47.1 Å². The van der Waals surface area contributed by atoms with Crippen LogP contribution < -0.4 is 5.32 Å². The van der Waals surface area contributed by atoms with Gasteiger partial charge in [0.05, 0.1) is 11.4 Å². The molecule has 5 heteroatoms. The normalized spacial score (nSPS) is 17.7. The van der Waals surface area contributed by atoms with E-state index in [0.29, 0.717) is 6.04 Å². The van der Waals surface area contributed by atoms with Crippen LogP contribution >= 0.6 is 23.1 Å². The minimum Gasteiger partial charge on any atom is -0.363 e. The minimum absolute atomic E-state index is 0.334. The van der Waals surface area contributed by atoms with Crippen molar-refractivity contribution in [1.29, 1.82) is 0 Å². The SMILES string of the molecule is Cc1cc2c(NC3CCSc4ccccc43)ncnc2s1. The molecule has 0 saturated carbocycles. The van der Waals surface area contributed by atoms with Gasteiger partial charge >= 0.3 is 0 Å². The van der Waals surface area contributed by atoms with Gasteiger partial charge in [-0.25, -0.2) is 9.97 Å². The zero-order chi connectivity index (χ0) is 14.2. The van der Waals surface area contributed by atoms with Gasteiger partial charge in [0.25, 0.3) is 0 Å². The Balaban J connectivity index is 1.73. The van der Waals surface area contributed by atoms with Gasteiger partial charge in [-0.05, 0) is 31.0 Å². The molecule has 1 aromatic carbocycles. The highest BCUT2D eigenvalue weighted by Crippen LogP contribution is 2.38. The number of benzene rings is 1. The summed E-state index contributed by atoms with van der Waals surface area (Å²) < 4.78 is 0. The third kappa shape index (κ3) is 2.40. The summed E-state index contributed by atoms with van der Waals surface area (Å²) in [7, 11) is 0. The molecule has 3 heterocycles. The summed E-state index contributed by atoms with van der Waals surface area (Å²) in [5.74, 6) is 2.10. The average Bonchev–Trinajstić information content (AvgIpc) is 2.89. The molecule has 0 spiro atoms. The molecule has 21 heavy (non-hydrogen) atoms. The number of hydrogen-bond donors (Lipinski definition) is 1. The second-order valence-corrected chi connectivity index (χ2v) is 7.54. The van der Waals surface area contributed by atoms with Gasteiger partial charge in [-0.2, -0.15) is 0 Å². The van der Waals surface area contributed by atoms with Crippen molar-refractivity contribution in [2.45, 2.75) is 24.3 Å². The Hall–Kier alpha value is -1.59. The maximum atomic E-state index is 4.46. The Morgan fingerprint density at radius 3 is 3.10 bits per heavy atom. The largest absolute Gasteiger partial charge is 0.363 e. The molecule has 1 aliphatic heterocycles. The molecule has 1 atom stereocenters. The molecule has 0 aliphatic carbocycles. The van der Waals surface area contributed by atoms with E-state index in [1.807, 2.05) is 11.8 Å². The van der Waals surface area contributed by atoms with Gasteiger partial charge in [-0.3, -0.25) is 0 Å². The number of thiophene rings is 1. The van der Waals surface area contributed by atoms with Crippen LogP contribution in [0.25, 0.3) is 10.2 Å². The molecule has 2 aromatic heterocycles. The van der Waals surface area contributed by atoms with Crippen molar-refractivity contribution in [2.24, 2.45) is 0 Å². The van der Waals surface area contributed by atoms with E-state index in [9.17, 15) is 0 Å². The van der Waals surface area contributed by atoms with Crippen LogP contribution in [0.15, 0.2) is 41.6 Å². The lowest BCUT2D eigenvalue weighted by atomic mass is 10.0. The van der Waals surface area contributed by atoms with Crippen molar-refractivity contribution in [3.63, 3.8) is 0 Å². The molecule has 3 nitrogen and oxygen atoms in total. The van der Waals surface area contributed by atoms with E-state index in [1.165, 1.54) is 15.3 Å². The van der Waals surface area contributed by atoms with E-state index in [4.69, 9.17) is 0 Å². The summed E-state index contributed by atoms with van der Waals surface area (Å²) >= 11 is 3.66. The Morgan fingerprint density at radius 1 is 1.24 bits per heavy atom. The molecule has 1 N–H and O–H groups in total. The Morgan fingerprint density at radius 2 is 2.14 bits per heavy atom. The van der Waals surface area contributed by atoms with Gasteiger partial charge in [-0.1, -0.05) is 18.2 Å². The fourth-order valence-corrected chi connectivity index (χ4v) is 4.72. The van der Waals surface area contributed by atoms with Crippen LogP contribution in [0.1, 0.15) is 22.9 Å². The number of anilines is 1. The first-order valence-electron chi connectivity index (χ1n) is 7.00. The molecule has 0 radical (unpaired) electrons. The van der Waals surface area contributed by atoms with Crippen molar-refractivity contribution in [2.75, 3.05) is 11.1 Å². The number of fused-ring (bicyclic) bond motifs is 2. The summed E-state index contributed by atoms with van der Waals surface area (Å²) in [5, 5.41) is 4.77. The smallest absolute Gasteiger partial charge is 0.138 e. The topological polar surface area (TPSA) is 37.8 Å². The second-order valence-electron chi connectivity index (χ2n) is 5.17. The maximum absolute atomic E-state index is 4.46. The number of hydrogen-bond acceptors (Lipinski definition) is 5. The van der Waals surface area contributed by atoms with Gasteiger partial charge in [-0.15, -0.1) is 23.1 Å². The van der Waals surface area contributed by atoms with Gasteiger partial charge in [0.1, 0.15) is 17.0 Å². The first-order valence-corrected chi connectivity index (χ1v) is 8.81. The highest BCUT2D eigenvalue weighted by atomic mass is 32.2. The van der Waals surface area contributed by atoms with Crippen LogP contribution in [0.4, 0.5) is 5.82 Å². The molecule has 0 fully saturated rings. The van der Waals surface area contributed by atoms with Crippen molar-refractivity contribution < 1.29 is 0 Å². The molecule has 0 saturated heterocycles. The fourth-order valence-electron chi connectivity index (χ4n) is 2.75. The number of aromatic nitrogens is 2. The highest BCUT2D eigenvalue weighted by molar-refractivity contribution is 7.99. The lowest BCUT2D eigenvalue weighted by molar-refractivity contribution is 0.725. The van der Waals surface area contributed by atoms with E-state index >= 15 is 0 Å². The van der Waals surface area contributed by atoms with Gasteiger partial charge < -0.3 is 5.32 Å². The second kappa shape index (κ2) is 5.31. The van der Waals surface area contributed by atoms with Gasteiger partial charge in [0.2, 0.25) is 0 Å². The Bertz CT molecular complexity index is 797. The molecule has 106 valence electrons. The third-order valence-corrected chi connectivity index (χ3v) is 5.80. The van der Waals surface area contributed by atoms with Crippen LogP contribution in [-0.2, 0) is 0 Å². The van der Waals surface area contributed by atoms with E-state index in [0.717, 1.165) is 28.2 Å². The van der Waals surface area contributed by atoms with Crippen LogP contribution in [0.3, 0.4) is 0 Å². The average molecular weight is 313 g/mol. The molecule has 1 unspecified atom stereocenters. The predicted octanol–water partition coefficient (Wildman–Crippen LogP) is 4.65. The predicted molar refractivity (Wildman–Crippen MR) is 90.3 cm³/mol. The first kappa shape index (κ1) is 13.1. The third-order valence-electron chi connectivity index (χ3n) is 3.72. The zero-order valence-corrected chi connectivity index (χ0v) is 13.3. The standard InChI is InChI=1S/C16H15N3S2/c1-10-8-12-15(17-9-18-16(12)21-10)19-13-6-7-20-14-5-3-2-4-11(13)14/h2-5,8-9,13H,6-7H2,1H3,(H,17,18,19). The number of nitrogens with one attached hydrogen (secondary N) is 1. The molecule has 1 aliphatic rings. The lowest BCUT2D eigenvalue weighted by Crippen LogP contribution is -2.16. The molecule has 3 aromatic rings. The summed E-state index contributed by atoms with van der Waals surface area (Å²) in [6.07, 6.45) is 2.78. The first-order chi connectivity index (χ1) is 10.3. The Labute approximate surface area is 131 Å². The van der Waals surface area contributed by atoms with Crippen LogP contribution in [-0.4, -0.2) is 15.7 Å². The summed E-state index contributed by atoms with van der Waals surface area (Å²) in [4.78, 5) is 12.5. The van der Waals surface area contributed by atoms with E-state index < -0.39 is 0 Å². The van der Waals surface area contributed by atoms with Crippen LogP contribution in [0.2, 0.25) is 0 Å². The molecule has 0 bridgehead atoms.